The number of fused-ring (bicyclic) bond motifs is 8. The summed E-state index contributed by atoms with van der Waals surface area (Å²) in [6, 6.07) is 54.1. The van der Waals surface area contributed by atoms with E-state index in [0.717, 1.165) is 31.6 Å². The van der Waals surface area contributed by atoms with Crippen LogP contribution in [0.25, 0.3) is 108 Å². The Bertz CT molecular complexity index is 3300. The lowest BCUT2D eigenvalue weighted by Crippen LogP contribution is -2.12. The van der Waals surface area contributed by atoms with Gasteiger partial charge in [0.25, 0.3) is 0 Å². The Balaban J connectivity index is 1.53. The monoisotopic (exact) mass is 784 g/mol. The molecule has 0 N–H and O–H groups in total. The van der Waals surface area contributed by atoms with E-state index < -0.39 is 0 Å². The minimum absolute atomic E-state index is 0.101. The fourth-order valence-corrected chi connectivity index (χ4v) is 10.4. The van der Waals surface area contributed by atoms with Gasteiger partial charge in [0.05, 0.1) is 0 Å². The highest BCUT2D eigenvalue weighted by atomic mass is 35.5. The fraction of sp³-hybridized carbons (Fsp3) is 0.143. The molecule has 0 aromatic heterocycles. The average Bonchev–Trinajstić information content (AvgIpc) is 3.22. The standard InChI is InChI=1S/C56H42Cl2/c1-55(2,3)31-27-43-35-17-9-13-21-39(35)50(42-24-26-48(58)38-20-12-8-16-34(38)42)54-46-30-32(56(4,5)6)28-44-36-18-10-14-22-40(36)49(53(52(44)46)45(29-31)51(43)54)41-23-25-47(57)37-19-11-7-15-33(37)41/h7-30H,1-6H3. The lowest BCUT2D eigenvalue weighted by Gasteiger charge is -2.28. The van der Waals surface area contributed by atoms with E-state index in [1.165, 1.54) is 98.0 Å². The molecule has 0 aliphatic carbocycles. The van der Waals surface area contributed by atoms with E-state index in [1.807, 2.05) is 0 Å². The smallest absolute Gasteiger partial charge is 0.0484 e. The summed E-state index contributed by atoms with van der Waals surface area (Å²) in [6.45, 7) is 14.0. The molecule has 11 aromatic rings. The molecule has 280 valence electrons. The molecule has 0 fully saturated rings. The summed E-state index contributed by atoms with van der Waals surface area (Å²) in [5.74, 6) is 0. The van der Waals surface area contributed by atoms with Crippen LogP contribution >= 0.6 is 23.2 Å². The van der Waals surface area contributed by atoms with E-state index >= 15 is 0 Å². The third-order valence-electron chi connectivity index (χ3n) is 12.8. The van der Waals surface area contributed by atoms with Crippen LogP contribution < -0.4 is 0 Å². The molecule has 11 aromatic carbocycles. The fourth-order valence-electron chi connectivity index (χ4n) is 9.96. The molecule has 11 rings (SSSR count). The van der Waals surface area contributed by atoms with Crippen LogP contribution in [0, 0.1) is 0 Å². The van der Waals surface area contributed by atoms with Crippen molar-refractivity contribution in [2.24, 2.45) is 0 Å². The van der Waals surface area contributed by atoms with Gasteiger partial charge in [-0.25, -0.2) is 0 Å². The Hall–Kier alpha value is -5.66. The Morgan fingerprint density at radius 1 is 0.293 bits per heavy atom. The summed E-state index contributed by atoms with van der Waals surface area (Å²) in [7, 11) is 0. The molecule has 0 atom stereocenters. The molecule has 0 unspecified atom stereocenters. The van der Waals surface area contributed by atoms with Crippen molar-refractivity contribution >= 4 is 109 Å². The van der Waals surface area contributed by atoms with Crippen LogP contribution in [0.5, 0.6) is 0 Å². The quantitative estimate of drug-likeness (QED) is 0.121. The summed E-state index contributed by atoms with van der Waals surface area (Å²) in [5, 5.41) is 21.3. The van der Waals surface area contributed by atoms with Gasteiger partial charge in [0.2, 0.25) is 0 Å². The summed E-state index contributed by atoms with van der Waals surface area (Å²) in [6.07, 6.45) is 0. The van der Waals surface area contributed by atoms with Crippen molar-refractivity contribution in [1.82, 2.24) is 0 Å². The van der Waals surface area contributed by atoms with Gasteiger partial charge in [0.1, 0.15) is 0 Å². The van der Waals surface area contributed by atoms with Gasteiger partial charge >= 0.3 is 0 Å². The highest BCUT2D eigenvalue weighted by Crippen LogP contribution is 2.55. The maximum atomic E-state index is 6.98. The van der Waals surface area contributed by atoms with Gasteiger partial charge in [0.15, 0.2) is 0 Å². The van der Waals surface area contributed by atoms with Crippen molar-refractivity contribution in [2.75, 3.05) is 0 Å². The summed E-state index contributed by atoms with van der Waals surface area (Å²) >= 11 is 14.0. The van der Waals surface area contributed by atoms with Gasteiger partial charge in [0, 0.05) is 20.8 Å². The minimum atomic E-state index is -0.101. The summed E-state index contributed by atoms with van der Waals surface area (Å²) < 4.78 is 0. The van der Waals surface area contributed by atoms with E-state index in [9.17, 15) is 0 Å². The SMILES string of the molecule is CC(C)(C)c1cc2c3ccccc3c(-c3ccc(Cl)c4ccccc34)c3c4cc(C(C)(C)C)cc5c6ccccc6c(-c6ccc(Cl)c7ccccc67)c(c(c1)c23)c54. The van der Waals surface area contributed by atoms with Crippen LogP contribution in [0.3, 0.4) is 0 Å². The van der Waals surface area contributed by atoms with Gasteiger partial charge in [-0.1, -0.05) is 174 Å². The second kappa shape index (κ2) is 12.4. The van der Waals surface area contributed by atoms with Crippen LogP contribution in [0.2, 0.25) is 10.0 Å². The highest BCUT2D eigenvalue weighted by Gasteiger charge is 2.29. The normalized spacial score (nSPS) is 12.8. The van der Waals surface area contributed by atoms with E-state index in [0.29, 0.717) is 0 Å². The molecule has 0 nitrogen and oxygen atoms in total. The van der Waals surface area contributed by atoms with Crippen LogP contribution in [-0.4, -0.2) is 0 Å². The van der Waals surface area contributed by atoms with Crippen molar-refractivity contribution < 1.29 is 0 Å². The van der Waals surface area contributed by atoms with E-state index in [1.54, 1.807) is 0 Å². The topological polar surface area (TPSA) is 0 Å². The molecular weight excluding hydrogens is 744 g/mol. The van der Waals surface area contributed by atoms with Gasteiger partial charge in [-0.2, -0.15) is 0 Å². The third-order valence-corrected chi connectivity index (χ3v) is 13.5. The minimum Gasteiger partial charge on any atom is -0.0837 e. The number of rotatable bonds is 2. The zero-order valence-electron chi connectivity index (χ0n) is 33.6. The first kappa shape index (κ1) is 35.5. The maximum Gasteiger partial charge on any atom is 0.0484 e. The second-order valence-electron chi connectivity index (χ2n) is 18.3. The molecule has 0 bridgehead atoms. The Labute approximate surface area is 349 Å². The second-order valence-corrected chi connectivity index (χ2v) is 19.1. The molecule has 0 saturated heterocycles. The maximum absolute atomic E-state index is 6.98. The summed E-state index contributed by atoms with van der Waals surface area (Å²) in [4.78, 5) is 0. The predicted octanol–water partition coefficient (Wildman–Crippen LogP) is 17.6. The van der Waals surface area contributed by atoms with Crippen LogP contribution in [0.1, 0.15) is 52.7 Å². The first-order valence-electron chi connectivity index (χ1n) is 20.3. The zero-order chi connectivity index (χ0) is 39.8. The molecule has 0 saturated carbocycles. The molecule has 58 heavy (non-hydrogen) atoms. The van der Waals surface area contributed by atoms with Gasteiger partial charge in [-0.15, -0.1) is 0 Å². The largest absolute Gasteiger partial charge is 0.0837 e. The van der Waals surface area contributed by atoms with E-state index in [-0.39, 0.29) is 10.8 Å². The highest BCUT2D eigenvalue weighted by molar-refractivity contribution is 6.46. The van der Waals surface area contributed by atoms with Crippen molar-refractivity contribution in [2.45, 2.75) is 52.4 Å². The molecule has 0 radical (unpaired) electrons. The molecular formula is C56H42Cl2. The number of halogens is 2. The first-order chi connectivity index (χ1) is 27.9. The molecule has 0 spiro atoms. The van der Waals surface area contributed by atoms with E-state index in [2.05, 4.69) is 187 Å². The Morgan fingerprint density at radius 3 is 0.966 bits per heavy atom. The van der Waals surface area contributed by atoms with Crippen molar-refractivity contribution in [1.29, 1.82) is 0 Å². The number of benzene rings is 11. The van der Waals surface area contributed by atoms with Crippen molar-refractivity contribution in [3.8, 4) is 22.3 Å². The van der Waals surface area contributed by atoms with Crippen molar-refractivity contribution in [3.63, 3.8) is 0 Å². The lowest BCUT2D eigenvalue weighted by molar-refractivity contribution is 0.591. The molecule has 0 heterocycles. The third kappa shape index (κ3) is 5.01. The number of hydrogen-bond donors (Lipinski definition) is 0. The Kier molecular flexibility index (Phi) is 7.60. The molecule has 0 aliphatic heterocycles. The van der Waals surface area contributed by atoms with Crippen LogP contribution in [0.15, 0.2) is 146 Å². The van der Waals surface area contributed by atoms with Crippen LogP contribution in [-0.2, 0) is 10.8 Å². The molecule has 0 amide bonds. The van der Waals surface area contributed by atoms with Gasteiger partial charge in [-0.3, -0.25) is 0 Å². The van der Waals surface area contributed by atoms with Crippen molar-refractivity contribution in [3.05, 3.63) is 167 Å². The van der Waals surface area contributed by atoms with Gasteiger partial charge < -0.3 is 0 Å². The Morgan fingerprint density at radius 2 is 0.603 bits per heavy atom. The predicted molar refractivity (Wildman–Crippen MR) is 256 cm³/mol. The first-order valence-corrected chi connectivity index (χ1v) is 21.1. The van der Waals surface area contributed by atoms with Gasteiger partial charge in [-0.05, 0) is 156 Å². The average molecular weight is 786 g/mol. The number of hydrogen-bond acceptors (Lipinski definition) is 0. The summed E-state index contributed by atoms with van der Waals surface area (Å²) in [5.41, 5.74) is 7.34. The lowest BCUT2D eigenvalue weighted by atomic mass is 9.75. The van der Waals surface area contributed by atoms with E-state index in [4.69, 9.17) is 23.2 Å². The van der Waals surface area contributed by atoms with Crippen LogP contribution in [0.4, 0.5) is 0 Å². The zero-order valence-corrected chi connectivity index (χ0v) is 35.1. The molecule has 2 heteroatoms. The molecule has 0 aliphatic rings.